The minimum atomic E-state index is 0.879. The molecule has 0 bridgehead atoms. The van der Waals surface area contributed by atoms with E-state index >= 15 is 0 Å². The highest BCUT2D eigenvalue weighted by atomic mass is 15.2. The van der Waals surface area contributed by atoms with Gasteiger partial charge in [-0.1, -0.05) is 36.4 Å². The van der Waals surface area contributed by atoms with Crippen molar-refractivity contribution in [3.63, 3.8) is 0 Å². The Morgan fingerprint density at radius 1 is 0.913 bits per heavy atom. The molecule has 0 unspecified atom stereocenters. The van der Waals surface area contributed by atoms with Crippen LogP contribution in [-0.2, 0) is 13.1 Å². The van der Waals surface area contributed by atoms with Gasteiger partial charge in [0.05, 0.1) is 0 Å². The van der Waals surface area contributed by atoms with Crippen molar-refractivity contribution in [1.29, 1.82) is 0 Å². The van der Waals surface area contributed by atoms with Gasteiger partial charge in [-0.2, -0.15) is 0 Å². The summed E-state index contributed by atoms with van der Waals surface area (Å²) >= 11 is 0. The summed E-state index contributed by atoms with van der Waals surface area (Å²) < 4.78 is 0. The number of rotatable bonds is 5. The van der Waals surface area contributed by atoms with Crippen LogP contribution < -0.4 is 5.32 Å². The van der Waals surface area contributed by atoms with Gasteiger partial charge in [-0.3, -0.25) is 4.90 Å². The fourth-order valence-corrected chi connectivity index (χ4v) is 3.00. The molecule has 0 saturated carbocycles. The molecule has 3 nitrogen and oxygen atoms in total. The molecule has 2 aromatic rings. The molecule has 122 valence electrons. The van der Waals surface area contributed by atoms with Crippen LogP contribution in [0, 0.1) is 6.92 Å². The van der Waals surface area contributed by atoms with E-state index in [1.54, 1.807) is 0 Å². The molecule has 1 aliphatic rings. The van der Waals surface area contributed by atoms with Crippen LogP contribution in [-0.4, -0.2) is 43.0 Å². The minimum absolute atomic E-state index is 0.879. The average molecular weight is 309 g/mol. The van der Waals surface area contributed by atoms with E-state index in [9.17, 15) is 0 Å². The van der Waals surface area contributed by atoms with Crippen molar-refractivity contribution in [2.75, 3.05) is 38.5 Å². The topological polar surface area (TPSA) is 18.5 Å². The lowest BCUT2D eigenvalue weighted by atomic mass is 10.1. The normalized spacial score (nSPS) is 16.4. The Morgan fingerprint density at radius 2 is 1.61 bits per heavy atom. The molecule has 0 atom stereocenters. The monoisotopic (exact) mass is 309 g/mol. The zero-order valence-corrected chi connectivity index (χ0v) is 14.3. The zero-order valence-electron chi connectivity index (χ0n) is 14.3. The summed E-state index contributed by atoms with van der Waals surface area (Å²) in [7, 11) is 2.20. The van der Waals surface area contributed by atoms with Crippen molar-refractivity contribution in [2.24, 2.45) is 0 Å². The number of nitrogens with one attached hydrogen (secondary N) is 1. The van der Waals surface area contributed by atoms with Crippen molar-refractivity contribution in [3.8, 4) is 0 Å². The molecule has 3 heteroatoms. The molecule has 0 aromatic heterocycles. The molecule has 1 fully saturated rings. The molecule has 0 aliphatic carbocycles. The molecule has 1 heterocycles. The first-order valence-electron chi connectivity index (χ1n) is 8.49. The summed E-state index contributed by atoms with van der Waals surface area (Å²) in [4.78, 5) is 4.94. The number of nitrogens with zero attached hydrogens (tertiary/aromatic N) is 2. The molecule has 23 heavy (non-hydrogen) atoms. The summed E-state index contributed by atoms with van der Waals surface area (Å²) in [6.07, 6.45) is 0. The average Bonchev–Trinajstić information content (AvgIpc) is 2.58. The van der Waals surface area contributed by atoms with E-state index in [4.69, 9.17) is 0 Å². The second kappa shape index (κ2) is 7.62. The van der Waals surface area contributed by atoms with E-state index in [1.165, 1.54) is 48.6 Å². The van der Waals surface area contributed by atoms with Crippen LogP contribution in [0.5, 0.6) is 0 Å². The maximum atomic E-state index is 3.52. The molecular formula is C20H27N3. The molecule has 1 N–H and O–H groups in total. The Morgan fingerprint density at radius 3 is 2.30 bits per heavy atom. The fourth-order valence-electron chi connectivity index (χ4n) is 3.00. The molecule has 1 saturated heterocycles. The number of hydrogen-bond acceptors (Lipinski definition) is 3. The third kappa shape index (κ3) is 4.57. The quantitative estimate of drug-likeness (QED) is 0.914. The summed E-state index contributed by atoms with van der Waals surface area (Å²) in [5.41, 5.74) is 5.28. The van der Waals surface area contributed by atoms with Crippen LogP contribution >= 0.6 is 0 Å². The molecular weight excluding hydrogens is 282 g/mol. The lowest BCUT2D eigenvalue weighted by Crippen LogP contribution is -2.43. The highest BCUT2D eigenvalue weighted by Crippen LogP contribution is 2.15. The summed E-state index contributed by atoms with van der Waals surface area (Å²) in [5, 5.41) is 3.52. The van der Waals surface area contributed by atoms with Crippen LogP contribution in [0.25, 0.3) is 0 Å². The van der Waals surface area contributed by atoms with Crippen molar-refractivity contribution in [2.45, 2.75) is 20.0 Å². The van der Waals surface area contributed by atoms with Crippen LogP contribution in [0.2, 0.25) is 0 Å². The van der Waals surface area contributed by atoms with Crippen LogP contribution in [0.1, 0.15) is 16.7 Å². The number of benzene rings is 2. The van der Waals surface area contributed by atoms with Gasteiger partial charge in [-0.15, -0.1) is 0 Å². The minimum Gasteiger partial charge on any atom is -0.381 e. The number of anilines is 1. The Labute approximate surface area is 139 Å². The second-order valence-corrected chi connectivity index (χ2v) is 6.56. The van der Waals surface area contributed by atoms with Crippen molar-refractivity contribution in [3.05, 3.63) is 65.2 Å². The predicted octanol–water partition coefficient (Wildman–Crippen LogP) is 3.35. The fraction of sp³-hybridized carbons (Fsp3) is 0.400. The SMILES string of the molecule is Cc1ccccc1CNc1ccc(CN2CCN(C)CC2)cc1. The molecule has 2 aromatic carbocycles. The van der Waals surface area contributed by atoms with E-state index in [1.807, 2.05) is 0 Å². The van der Waals surface area contributed by atoms with Gasteiger partial charge in [0.25, 0.3) is 0 Å². The van der Waals surface area contributed by atoms with Gasteiger partial charge in [-0.05, 0) is 42.8 Å². The zero-order chi connectivity index (χ0) is 16.1. The van der Waals surface area contributed by atoms with Gasteiger partial charge in [0, 0.05) is 45.0 Å². The molecule has 0 amide bonds. The molecule has 0 spiro atoms. The summed E-state index contributed by atoms with van der Waals surface area (Å²) in [6, 6.07) is 17.4. The van der Waals surface area contributed by atoms with Crippen molar-refractivity contribution in [1.82, 2.24) is 9.80 Å². The van der Waals surface area contributed by atoms with Crippen molar-refractivity contribution < 1.29 is 0 Å². The number of hydrogen-bond donors (Lipinski definition) is 1. The maximum Gasteiger partial charge on any atom is 0.0403 e. The van der Waals surface area contributed by atoms with Crippen molar-refractivity contribution >= 4 is 5.69 Å². The first kappa shape index (κ1) is 16.0. The number of piperazine rings is 1. The van der Waals surface area contributed by atoms with Gasteiger partial charge >= 0.3 is 0 Å². The summed E-state index contributed by atoms with van der Waals surface area (Å²) in [6.45, 7) is 8.80. The number of aryl methyl sites for hydroxylation is 1. The lowest BCUT2D eigenvalue weighted by Gasteiger charge is -2.32. The Balaban J connectivity index is 1.52. The standard InChI is InChI=1S/C20H27N3/c1-17-5-3-4-6-19(17)15-21-20-9-7-18(8-10-20)16-23-13-11-22(2)12-14-23/h3-10,21H,11-16H2,1-2H3. The largest absolute Gasteiger partial charge is 0.381 e. The highest BCUT2D eigenvalue weighted by molar-refractivity contribution is 5.45. The predicted molar refractivity (Wildman–Crippen MR) is 97.7 cm³/mol. The van der Waals surface area contributed by atoms with Crippen LogP contribution in [0.3, 0.4) is 0 Å². The highest BCUT2D eigenvalue weighted by Gasteiger charge is 2.13. The van der Waals surface area contributed by atoms with Gasteiger partial charge in [0.15, 0.2) is 0 Å². The second-order valence-electron chi connectivity index (χ2n) is 6.56. The van der Waals surface area contributed by atoms with Gasteiger partial charge < -0.3 is 10.2 Å². The molecule has 0 radical (unpaired) electrons. The van der Waals surface area contributed by atoms with Gasteiger partial charge in [0.1, 0.15) is 0 Å². The van der Waals surface area contributed by atoms with Gasteiger partial charge in [-0.25, -0.2) is 0 Å². The smallest absolute Gasteiger partial charge is 0.0403 e. The molecule has 1 aliphatic heterocycles. The Kier molecular flexibility index (Phi) is 5.31. The van der Waals surface area contributed by atoms with E-state index in [0.717, 1.165) is 13.1 Å². The van der Waals surface area contributed by atoms with E-state index in [2.05, 4.69) is 77.6 Å². The Bertz CT molecular complexity index is 613. The third-order valence-corrected chi connectivity index (χ3v) is 4.70. The molecule has 3 rings (SSSR count). The first-order chi connectivity index (χ1) is 11.2. The first-order valence-corrected chi connectivity index (χ1v) is 8.49. The van der Waals surface area contributed by atoms with E-state index in [-0.39, 0.29) is 0 Å². The van der Waals surface area contributed by atoms with Crippen LogP contribution in [0.15, 0.2) is 48.5 Å². The maximum absolute atomic E-state index is 3.52. The third-order valence-electron chi connectivity index (χ3n) is 4.70. The van der Waals surface area contributed by atoms with Gasteiger partial charge in [0.2, 0.25) is 0 Å². The Hall–Kier alpha value is -1.84. The van der Waals surface area contributed by atoms with E-state index in [0.29, 0.717) is 0 Å². The number of likely N-dealkylation sites (N-methyl/N-ethyl adjacent to an activating group) is 1. The lowest BCUT2D eigenvalue weighted by molar-refractivity contribution is 0.148. The van der Waals surface area contributed by atoms with Crippen LogP contribution in [0.4, 0.5) is 5.69 Å². The summed E-state index contributed by atoms with van der Waals surface area (Å²) in [5.74, 6) is 0. The van der Waals surface area contributed by atoms with E-state index < -0.39 is 0 Å².